The van der Waals surface area contributed by atoms with Gasteiger partial charge in [0.05, 0.1) is 26.2 Å². The number of quaternary nitrogens is 1. The quantitative estimate of drug-likeness (QED) is 0.422. The van der Waals surface area contributed by atoms with Gasteiger partial charge in [-0.3, -0.25) is 0 Å². The Morgan fingerprint density at radius 3 is 2.00 bits per heavy atom. The van der Waals surface area contributed by atoms with Gasteiger partial charge in [-0.2, -0.15) is 0 Å². The van der Waals surface area contributed by atoms with Gasteiger partial charge < -0.3 is 4.48 Å². The summed E-state index contributed by atoms with van der Waals surface area (Å²) >= 11 is 0. The van der Waals surface area contributed by atoms with Crippen molar-refractivity contribution in [2.45, 2.75) is 65.2 Å². The first-order chi connectivity index (χ1) is 7.33. The Morgan fingerprint density at radius 1 is 0.800 bits per heavy atom. The van der Waals surface area contributed by atoms with Crippen LogP contribution in [-0.2, 0) is 0 Å². The molecule has 1 heterocycles. The fraction of sp³-hybridized carbons (Fsp3) is 1.00. The molecule has 1 fully saturated rings. The molecule has 0 atom stereocenters. The molecule has 0 N–H and O–H groups in total. The van der Waals surface area contributed by atoms with Crippen LogP contribution >= 0.6 is 0 Å². The Hall–Kier alpha value is -0.0400. The minimum absolute atomic E-state index is 1.37. The molecule has 0 aliphatic carbocycles. The van der Waals surface area contributed by atoms with E-state index in [0.29, 0.717) is 0 Å². The van der Waals surface area contributed by atoms with E-state index in [1.165, 1.54) is 82.0 Å². The van der Waals surface area contributed by atoms with Crippen molar-refractivity contribution >= 4 is 0 Å². The highest BCUT2D eigenvalue weighted by molar-refractivity contribution is 4.54. The zero-order valence-corrected chi connectivity index (χ0v) is 10.9. The molecule has 0 amide bonds. The SMILES string of the molecule is CCCCCCCC[N+]1(CC)CCCC1. The first kappa shape index (κ1) is 13.0. The molecule has 0 aromatic carbocycles. The van der Waals surface area contributed by atoms with Gasteiger partial charge in [-0.1, -0.05) is 32.6 Å². The van der Waals surface area contributed by atoms with Gasteiger partial charge in [0.15, 0.2) is 0 Å². The lowest BCUT2D eigenvalue weighted by atomic mass is 10.1. The highest BCUT2D eigenvalue weighted by Crippen LogP contribution is 2.20. The van der Waals surface area contributed by atoms with Crippen LogP contribution in [0.4, 0.5) is 0 Å². The number of rotatable bonds is 8. The lowest BCUT2D eigenvalue weighted by Crippen LogP contribution is -2.45. The average Bonchev–Trinajstić information content (AvgIpc) is 2.73. The standard InChI is InChI=1S/C14H30N/c1-3-5-6-7-8-9-12-15(4-2)13-10-11-14-15/h3-14H2,1-2H3/q+1. The molecule has 0 radical (unpaired) electrons. The maximum Gasteiger partial charge on any atom is 0.0788 e. The second-order valence-corrected chi connectivity index (χ2v) is 5.30. The lowest BCUT2D eigenvalue weighted by Gasteiger charge is -2.33. The summed E-state index contributed by atoms with van der Waals surface area (Å²) in [5, 5.41) is 0. The zero-order valence-electron chi connectivity index (χ0n) is 10.9. The number of hydrogen-bond acceptors (Lipinski definition) is 0. The molecule has 0 saturated carbocycles. The zero-order chi connectivity index (χ0) is 11.0. The van der Waals surface area contributed by atoms with Crippen molar-refractivity contribution in [3.8, 4) is 0 Å². The van der Waals surface area contributed by atoms with Crippen molar-refractivity contribution in [2.24, 2.45) is 0 Å². The average molecular weight is 212 g/mol. The molecule has 1 saturated heterocycles. The second kappa shape index (κ2) is 7.27. The predicted molar refractivity (Wildman–Crippen MR) is 68.0 cm³/mol. The maximum absolute atomic E-state index is 2.38. The Balaban J connectivity index is 2.02. The van der Waals surface area contributed by atoms with E-state index in [1.54, 1.807) is 0 Å². The number of unbranched alkanes of at least 4 members (excludes halogenated alkanes) is 5. The first-order valence-electron chi connectivity index (χ1n) is 7.18. The highest BCUT2D eigenvalue weighted by atomic mass is 15.4. The molecular formula is C14H30N+. The van der Waals surface area contributed by atoms with E-state index in [2.05, 4.69) is 13.8 Å². The molecule has 1 aliphatic rings. The van der Waals surface area contributed by atoms with Crippen molar-refractivity contribution in [1.82, 2.24) is 0 Å². The molecule has 1 nitrogen and oxygen atoms in total. The molecule has 90 valence electrons. The number of hydrogen-bond donors (Lipinski definition) is 0. The van der Waals surface area contributed by atoms with Crippen LogP contribution in [0.25, 0.3) is 0 Å². The van der Waals surface area contributed by atoms with Crippen LogP contribution in [0.5, 0.6) is 0 Å². The molecule has 1 rings (SSSR count). The smallest absolute Gasteiger partial charge is 0.0788 e. The third kappa shape index (κ3) is 4.55. The van der Waals surface area contributed by atoms with Crippen LogP contribution in [0.15, 0.2) is 0 Å². The third-order valence-electron chi connectivity index (χ3n) is 4.17. The minimum Gasteiger partial charge on any atom is -0.324 e. The monoisotopic (exact) mass is 212 g/mol. The second-order valence-electron chi connectivity index (χ2n) is 5.30. The van der Waals surface area contributed by atoms with Crippen LogP contribution in [-0.4, -0.2) is 30.7 Å². The normalized spacial score (nSPS) is 19.6. The van der Waals surface area contributed by atoms with Crippen LogP contribution in [0.2, 0.25) is 0 Å². The molecule has 1 aliphatic heterocycles. The van der Waals surface area contributed by atoms with Gasteiger partial charge in [0, 0.05) is 12.8 Å². The van der Waals surface area contributed by atoms with Gasteiger partial charge in [0.2, 0.25) is 0 Å². The maximum atomic E-state index is 2.38. The van der Waals surface area contributed by atoms with Crippen molar-refractivity contribution in [3.05, 3.63) is 0 Å². The minimum atomic E-state index is 1.37. The topological polar surface area (TPSA) is 0 Å². The Labute approximate surface area is 96.4 Å². The van der Waals surface area contributed by atoms with E-state index in [1.807, 2.05) is 0 Å². The molecule has 0 unspecified atom stereocenters. The fourth-order valence-corrected chi connectivity index (χ4v) is 2.93. The number of likely N-dealkylation sites (tertiary alicyclic amines) is 1. The van der Waals surface area contributed by atoms with Crippen LogP contribution in [0.1, 0.15) is 65.2 Å². The summed E-state index contributed by atoms with van der Waals surface area (Å²) in [6.45, 7) is 10.4. The molecule has 0 bridgehead atoms. The largest absolute Gasteiger partial charge is 0.324 e. The summed E-state index contributed by atoms with van der Waals surface area (Å²) in [6, 6.07) is 0. The van der Waals surface area contributed by atoms with Crippen LogP contribution in [0.3, 0.4) is 0 Å². The van der Waals surface area contributed by atoms with E-state index in [0.717, 1.165) is 0 Å². The van der Waals surface area contributed by atoms with E-state index < -0.39 is 0 Å². The summed E-state index contributed by atoms with van der Waals surface area (Å²) in [4.78, 5) is 0. The highest BCUT2D eigenvalue weighted by Gasteiger charge is 2.28. The summed E-state index contributed by atoms with van der Waals surface area (Å²) < 4.78 is 1.44. The van der Waals surface area contributed by atoms with Gasteiger partial charge in [-0.15, -0.1) is 0 Å². The van der Waals surface area contributed by atoms with Crippen LogP contribution in [0, 0.1) is 0 Å². The van der Waals surface area contributed by atoms with Crippen molar-refractivity contribution < 1.29 is 4.48 Å². The van der Waals surface area contributed by atoms with E-state index >= 15 is 0 Å². The molecule has 1 heteroatoms. The van der Waals surface area contributed by atoms with E-state index in [-0.39, 0.29) is 0 Å². The van der Waals surface area contributed by atoms with Gasteiger partial charge in [0.1, 0.15) is 0 Å². The summed E-state index contributed by atoms with van der Waals surface area (Å²) in [5.41, 5.74) is 0. The van der Waals surface area contributed by atoms with Gasteiger partial charge in [-0.25, -0.2) is 0 Å². The fourth-order valence-electron chi connectivity index (χ4n) is 2.93. The lowest BCUT2D eigenvalue weighted by molar-refractivity contribution is -0.915. The molecule has 0 spiro atoms. The predicted octanol–water partition coefficient (Wildman–Crippen LogP) is 3.98. The van der Waals surface area contributed by atoms with Gasteiger partial charge in [0.25, 0.3) is 0 Å². The van der Waals surface area contributed by atoms with Gasteiger partial charge >= 0.3 is 0 Å². The molecule has 15 heavy (non-hydrogen) atoms. The van der Waals surface area contributed by atoms with Crippen molar-refractivity contribution in [3.63, 3.8) is 0 Å². The van der Waals surface area contributed by atoms with Crippen molar-refractivity contribution in [2.75, 3.05) is 26.2 Å². The summed E-state index contributed by atoms with van der Waals surface area (Å²) in [6.07, 6.45) is 11.6. The molecule has 0 aromatic heterocycles. The Kier molecular flexibility index (Phi) is 6.31. The summed E-state index contributed by atoms with van der Waals surface area (Å²) in [5.74, 6) is 0. The van der Waals surface area contributed by atoms with E-state index in [4.69, 9.17) is 0 Å². The Morgan fingerprint density at radius 2 is 1.40 bits per heavy atom. The van der Waals surface area contributed by atoms with Crippen molar-refractivity contribution in [1.29, 1.82) is 0 Å². The summed E-state index contributed by atoms with van der Waals surface area (Å²) in [7, 11) is 0. The third-order valence-corrected chi connectivity index (χ3v) is 4.17. The van der Waals surface area contributed by atoms with E-state index in [9.17, 15) is 0 Å². The Bertz CT molecular complexity index is 147. The van der Waals surface area contributed by atoms with Gasteiger partial charge in [-0.05, 0) is 19.8 Å². The molecule has 0 aromatic rings. The first-order valence-corrected chi connectivity index (χ1v) is 7.18. The van der Waals surface area contributed by atoms with Crippen LogP contribution < -0.4 is 0 Å². The molecular weight excluding hydrogens is 182 g/mol. The number of nitrogens with zero attached hydrogens (tertiary/aromatic N) is 1.